The van der Waals surface area contributed by atoms with Gasteiger partial charge in [0, 0.05) is 20.3 Å². The van der Waals surface area contributed by atoms with Crippen molar-refractivity contribution in [2.24, 2.45) is 0 Å². The maximum atomic E-state index is 5.36. The van der Waals surface area contributed by atoms with E-state index in [1.165, 1.54) is 0 Å². The van der Waals surface area contributed by atoms with E-state index < -0.39 is 0 Å². The minimum absolute atomic E-state index is 0.551. The summed E-state index contributed by atoms with van der Waals surface area (Å²) in [5.74, 6) is 0.551. The van der Waals surface area contributed by atoms with E-state index in [0.717, 1.165) is 24.0 Å². The van der Waals surface area contributed by atoms with Crippen molar-refractivity contribution in [3.63, 3.8) is 0 Å². The van der Waals surface area contributed by atoms with Crippen LogP contribution in [0.4, 0.5) is 5.95 Å². The fraction of sp³-hybridized carbons (Fsp3) is 0.462. The Labute approximate surface area is 112 Å². The molecule has 6 nitrogen and oxygen atoms in total. The number of hydrogen-bond acceptors (Lipinski definition) is 6. The number of methoxy groups -OCH3 is 1. The summed E-state index contributed by atoms with van der Waals surface area (Å²) in [6.07, 6.45) is 0.889. The zero-order valence-electron chi connectivity index (χ0n) is 11.0. The van der Waals surface area contributed by atoms with E-state index in [2.05, 4.69) is 20.5 Å². The van der Waals surface area contributed by atoms with E-state index in [1.807, 2.05) is 24.3 Å². The number of nitrogens with zero attached hydrogens (tertiary/aromatic N) is 3. The number of nitrogens with one attached hydrogen (secondary N) is 1. The Morgan fingerprint density at radius 3 is 2.74 bits per heavy atom. The lowest BCUT2D eigenvalue weighted by Gasteiger charge is -2.05. The van der Waals surface area contributed by atoms with Crippen LogP contribution in [-0.2, 0) is 9.47 Å². The summed E-state index contributed by atoms with van der Waals surface area (Å²) in [6.45, 7) is 2.71. The normalized spacial score (nSPS) is 10.8. The molecule has 0 unspecified atom stereocenters. The van der Waals surface area contributed by atoms with Crippen LogP contribution in [0.2, 0.25) is 0 Å². The molecule has 0 bridgehead atoms. The number of rotatable bonds is 8. The molecule has 0 radical (unpaired) electrons. The molecule has 19 heavy (non-hydrogen) atoms. The lowest BCUT2D eigenvalue weighted by Crippen LogP contribution is -2.10. The second-order valence-electron chi connectivity index (χ2n) is 4.01. The van der Waals surface area contributed by atoms with Gasteiger partial charge in [-0.2, -0.15) is 0 Å². The summed E-state index contributed by atoms with van der Waals surface area (Å²) in [5.41, 5.74) is 1.65. The molecule has 0 spiro atoms. The van der Waals surface area contributed by atoms with E-state index in [-0.39, 0.29) is 0 Å². The van der Waals surface area contributed by atoms with E-state index in [0.29, 0.717) is 25.8 Å². The Hall–Kier alpha value is -1.79. The molecule has 0 saturated carbocycles. The Morgan fingerprint density at radius 1 is 1.05 bits per heavy atom. The Balaban J connectivity index is 1.72. The first-order valence-electron chi connectivity index (χ1n) is 6.30. The van der Waals surface area contributed by atoms with E-state index >= 15 is 0 Å². The maximum Gasteiger partial charge on any atom is 0.243 e. The van der Waals surface area contributed by atoms with Crippen molar-refractivity contribution >= 4 is 17.0 Å². The first kappa shape index (κ1) is 13.6. The fourth-order valence-corrected chi connectivity index (χ4v) is 1.57. The van der Waals surface area contributed by atoms with Crippen molar-refractivity contribution in [2.45, 2.75) is 6.42 Å². The van der Waals surface area contributed by atoms with Gasteiger partial charge >= 0.3 is 0 Å². The molecule has 102 valence electrons. The number of para-hydroxylation sites is 1. The van der Waals surface area contributed by atoms with Crippen LogP contribution >= 0.6 is 0 Å². The van der Waals surface area contributed by atoms with Gasteiger partial charge in [-0.05, 0) is 18.6 Å². The Kier molecular flexibility index (Phi) is 5.46. The van der Waals surface area contributed by atoms with Crippen molar-refractivity contribution in [3.8, 4) is 0 Å². The second-order valence-corrected chi connectivity index (χ2v) is 4.01. The lowest BCUT2D eigenvalue weighted by atomic mass is 10.3. The van der Waals surface area contributed by atoms with Gasteiger partial charge in [-0.1, -0.05) is 12.1 Å². The molecule has 2 aromatic rings. The number of fused-ring (bicyclic) bond motifs is 1. The minimum Gasteiger partial charge on any atom is -0.382 e. The topological polar surface area (TPSA) is 69.2 Å². The van der Waals surface area contributed by atoms with Crippen LogP contribution in [-0.4, -0.2) is 48.7 Å². The van der Waals surface area contributed by atoms with Crippen molar-refractivity contribution in [1.82, 2.24) is 15.2 Å². The third kappa shape index (κ3) is 4.42. The molecular weight excluding hydrogens is 244 g/mol. The van der Waals surface area contributed by atoms with Gasteiger partial charge in [-0.15, -0.1) is 10.2 Å². The third-order valence-electron chi connectivity index (χ3n) is 2.54. The summed E-state index contributed by atoms with van der Waals surface area (Å²) in [4.78, 5) is 4.38. The van der Waals surface area contributed by atoms with E-state index in [1.54, 1.807) is 7.11 Å². The molecule has 1 heterocycles. The van der Waals surface area contributed by atoms with Crippen molar-refractivity contribution in [2.75, 3.05) is 38.8 Å². The SMILES string of the molecule is COCCOCCCNc1nnc2ccccc2n1. The molecule has 0 aliphatic carbocycles. The molecule has 6 heteroatoms. The zero-order chi connectivity index (χ0) is 13.3. The number of hydrogen-bond donors (Lipinski definition) is 1. The third-order valence-corrected chi connectivity index (χ3v) is 2.54. The fourth-order valence-electron chi connectivity index (χ4n) is 1.57. The molecule has 0 aliphatic heterocycles. The molecular formula is C13H18N4O2. The predicted molar refractivity (Wildman–Crippen MR) is 73.1 cm³/mol. The Bertz CT molecular complexity index is 507. The van der Waals surface area contributed by atoms with Gasteiger partial charge in [-0.25, -0.2) is 4.98 Å². The molecule has 1 aromatic heterocycles. The van der Waals surface area contributed by atoms with Gasteiger partial charge in [0.2, 0.25) is 5.95 Å². The Morgan fingerprint density at radius 2 is 1.89 bits per heavy atom. The number of aromatic nitrogens is 3. The molecule has 2 rings (SSSR count). The smallest absolute Gasteiger partial charge is 0.243 e. The van der Waals surface area contributed by atoms with Crippen molar-refractivity contribution in [3.05, 3.63) is 24.3 Å². The summed E-state index contributed by atoms with van der Waals surface area (Å²) < 4.78 is 10.3. The minimum atomic E-state index is 0.551. The van der Waals surface area contributed by atoms with Crippen LogP contribution in [0, 0.1) is 0 Å². The standard InChI is InChI=1S/C13H18N4O2/c1-18-9-10-19-8-4-7-14-13-15-11-5-2-3-6-12(11)16-17-13/h2-3,5-6H,4,7-10H2,1H3,(H,14,15,17). The van der Waals surface area contributed by atoms with E-state index in [9.17, 15) is 0 Å². The number of ether oxygens (including phenoxy) is 2. The summed E-state index contributed by atoms with van der Waals surface area (Å²) >= 11 is 0. The zero-order valence-corrected chi connectivity index (χ0v) is 11.0. The highest BCUT2D eigenvalue weighted by Crippen LogP contribution is 2.08. The van der Waals surface area contributed by atoms with Crippen LogP contribution in [0.3, 0.4) is 0 Å². The molecule has 0 atom stereocenters. The maximum absolute atomic E-state index is 5.36. The highest BCUT2D eigenvalue weighted by molar-refractivity contribution is 5.73. The molecule has 1 aromatic carbocycles. The highest BCUT2D eigenvalue weighted by Gasteiger charge is 1.99. The van der Waals surface area contributed by atoms with Gasteiger partial charge in [0.25, 0.3) is 0 Å². The molecule has 0 saturated heterocycles. The molecule has 1 N–H and O–H groups in total. The van der Waals surface area contributed by atoms with Crippen LogP contribution in [0.15, 0.2) is 24.3 Å². The quantitative estimate of drug-likeness (QED) is 0.727. The number of anilines is 1. The summed E-state index contributed by atoms with van der Waals surface area (Å²) in [5, 5.41) is 11.3. The second kappa shape index (κ2) is 7.60. The molecule has 0 aliphatic rings. The largest absolute Gasteiger partial charge is 0.382 e. The van der Waals surface area contributed by atoms with Crippen molar-refractivity contribution < 1.29 is 9.47 Å². The molecule has 0 amide bonds. The first-order valence-corrected chi connectivity index (χ1v) is 6.30. The van der Waals surface area contributed by atoms with Crippen LogP contribution < -0.4 is 5.32 Å². The van der Waals surface area contributed by atoms with Gasteiger partial charge in [0.1, 0.15) is 5.52 Å². The van der Waals surface area contributed by atoms with Gasteiger partial charge in [0.05, 0.1) is 18.7 Å². The average Bonchev–Trinajstić information content (AvgIpc) is 2.46. The highest BCUT2D eigenvalue weighted by atomic mass is 16.5. The number of benzene rings is 1. The molecule has 0 fully saturated rings. The average molecular weight is 262 g/mol. The lowest BCUT2D eigenvalue weighted by molar-refractivity contribution is 0.0705. The van der Waals surface area contributed by atoms with Gasteiger partial charge < -0.3 is 14.8 Å². The first-order chi connectivity index (χ1) is 9.40. The van der Waals surface area contributed by atoms with Crippen LogP contribution in [0.1, 0.15) is 6.42 Å². The van der Waals surface area contributed by atoms with Crippen molar-refractivity contribution in [1.29, 1.82) is 0 Å². The van der Waals surface area contributed by atoms with E-state index in [4.69, 9.17) is 9.47 Å². The monoisotopic (exact) mass is 262 g/mol. The van der Waals surface area contributed by atoms with Gasteiger partial charge in [0.15, 0.2) is 0 Å². The summed E-state index contributed by atoms with van der Waals surface area (Å²) in [7, 11) is 1.66. The van der Waals surface area contributed by atoms with Crippen LogP contribution in [0.5, 0.6) is 0 Å². The van der Waals surface area contributed by atoms with Gasteiger partial charge in [-0.3, -0.25) is 0 Å². The van der Waals surface area contributed by atoms with Crippen LogP contribution in [0.25, 0.3) is 11.0 Å². The predicted octanol–water partition coefficient (Wildman–Crippen LogP) is 1.49. The summed E-state index contributed by atoms with van der Waals surface area (Å²) in [6, 6.07) is 7.67.